The van der Waals surface area contributed by atoms with Crippen molar-refractivity contribution in [3.05, 3.63) is 17.0 Å². The van der Waals surface area contributed by atoms with Gasteiger partial charge in [0.2, 0.25) is 0 Å². The first-order valence-electron chi connectivity index (χ1n) is 6.98. The smallest absolute Gasteiger partial charge is 0.338 e. The van der Waals surface area contributed by atoms with Gasteiger partial charge in [-0.25, -0.2) is 9.59 Å². The summed E-state index contributed by atoms with van der Waals surface area (Å²) in [5, 5.41) is 13.8. The number of thiophene rings is 1. The predicted octanol–water partition coefficient (Wildman–Crippen LogP) is 3.49. The number of carboxylic acids is 1. The summed E-state index contributed by atoms with van der Waals surface area (Å²) in [6.45, 7) is 3.68. The van der Waals surface area contributed by atoms with Crippen LogP contribution in [-0.2, 0) is 0 Å². The van der Waals surface area contributed by atoms with Crippen LogP contribution in [0.3, 0.4) is 0 Å². The molecule has 5 nitrogen and oxygen atoms in total. The number of carbonyl (C=O) groups is 2. The first kappa shape index (κ1) is 14.8. The Morgan fingerprint density at radius 2 is 2.25 bits per heavy atom. The first-order chi connectivity index (χ1) is 9.61. The lowest BCUT2D eigenvalue weighted by atomic mass is 9.98. The average Bonchev–Trinajstić information content (AvgIpc) is 2.74. The van der Waals surface area contributed by atoms with E-state index < -0.39 is 5.97 Å². The maximum Gasteiger partial charge on any atom is 0.338 e. The van der Waals surface area contributed by atoms with Crippen LogP contribution in [0.15, 0.2) is 11.4 Å². The maximum atomic E-state index is 12.2. The van der Waals surface area contributed by atoms with Gasteiger partial charge in [0.05, 0.1) is 5.56 Å². The second kappa shape index (κ2) is 6.74. The van der Waals surface area contributed by atoms with Crippen molar-refractivity contribution in [3.8, 4) is 0 Å². The summed E-state index contributed by atoms with van der Waals surface area (Å²) in [7, 11) is 0. The molecule has 2 rings (SSSR count). The molecule has 2 heterocycles. The van der Waals surface area contributed by atoms with Gasteiger partial charge in [-0.1, -0.05) is 13.3 Å². The van der Waals surface area contributed by atoms with Crippen LogP contribution in [0.4, 0.5) is 9.80 Å². The number of urea groups is 1. The molecule has 0 bridgehead atoms. The van der Waals surface area contributed by atoms with Crippen molar-refractivity contribution in [2.24, 2.45) is 5.92 Å². The van der Waals surface area contributed by atoms with Gasteiger partial charge in [0.15, 0.2) is 0 Å². The lowest BCUT2D eigenvalue weighted by Crippen LogP contribution is -2.35. The number of likely N-dealkylation sites (tertiary alicyclic amines) is 1. The summed E-state index contributed by atoms with van der Waals surface area (Å²) in [6.07, 6.45) is 4.37. The van der Waals surface area contributed by atoms with Crippen LogP contribution in [0.2, 0.25) is 0 Å². The number of nitrogens with one attached hydrogen (secondary N) is 1. The molecule has 2 N–H and O–H groups in total. The normalized spacial score (nSPS) is 19.4. The Morgan fingerprint density at radius 1 is 1.45 bits per heavy atom. The number of nitrogens with zero attached hydrogens (tertiary/aromatic N) is 1. The van der Waals surface area contributed by atoms with E-state index >= 15 is 0 Å². The third kappa shape index (κ3) is 3.50. The fraction of sp³-hybridized carbons (Fsp3) is 0.571. The number of carboxylic acid groups (broad SMARTS) is 1. The van der Waals surface area contributed by atoms with E-state index in [-0.39, 0.29) is 11.6 Å². The Kier molecular flexibility index (Phi) is 5.00. The molecule has 20 heavy (non-hydrogen) atoms. The van der Waals surface area contributed by atoms with Crippen LogP contribution in [0.1, 0.15) is 43.0 Å². The van der Waals surface area contributed by atoms with Gasteiger partial charge in [-0.15, -0.1) is 11.3 Å². The summed E-state index contributed by atoms with van der Waals surface area (Å²) in [6, 6.07) is 1.32. The highest BCUT2D eigenvalue weighted by Gasteiger charge is 2.21. The Labute approximate surface area is 122 Å². The Balaban J connectivity index is 1.97. The van der Waals surface area contributed by atoms with Crippen molar-refractivity contribution in [1.29, 1.82) is 0 Å². The van der Waals surface area contributed by atoms with Gasteiger partial charge in [0.25, 0.3) is 0 Å². The van der Waals surface area contributed by atoms with Crippen molar-refractivity contribution in [3.63, 3.8) is 0 Å². The van der Waals surface area contributed by atoms with Crippen molar-refractivity contribution in [1.82, 2.24) is 4.90 Å². The molecule has 1 aliphatic rings. The minimum Gasteiger partial charge on any atom is -0.478 e. The Morgan fingerprint density at radius 3 is 2.95 bits per heavy atom. The SMILES string of the molecule is CCC1CCCN(C(=O)Nc2sccc2C(=O)O)CC1. The molecule has 0 aliphatic carbocycles. The summed E-state index contributed by atoms with van der Waals surface area (Å²) < 4.78 is 0. The molecule has 0 spiro atoms. The highest BCUT2D eigenvalue weighted by atomic mass is 32.1. The molecule has 0 radical (unpaired) electrons. The van der Waals surface area contributed by atoms with Crippen LogP contribution in [-0.4, -0.2) is 35.1 Å². The van der Waals surface area contributed by atoms with Crippen molar-refractivity contribution in [2.75, 3.05) is 18.4 Å². The quantitative estimate of drug-likeness (QED) is 0.897. The number of hydrogen-bond acceptors (Lipinski definition) is 3. The van der Waals surface area contributed by atoms with E-state index in [1.165, 1.54) is 23.8 Å². The third-order valence-corrected chi connectivity index (χ3v) is 4.66. The van der Waals surface area contributed by atoms with Crippen LogP contribution >= 0.6 is 11.3 Å². The molecular formula is C14H20N2O3S. The molecule has 1 fully saturated rings. The second-order valence-corrected chi connectivity index (χ2v) is 6.01. The fourth-order valence-electron chi connectivity index (χ4n) is 2.53. The monoisotopic (exact) mass is 296 g/mol. The molecule has 2 amide bonds. The molecule has 1 aliphatic heterocycles. The number of anilines is 1. The molecule has 0 saturated carbocycles. The molecule has 1 aromatic heterocycles. The van der Waals surface area contributed by atoms with E-state index in [0.717, 1.165) is 32.4 Å². The highest BCUT2D eigenvalue weighted by molar-refractivity contribution is 7.14. The molecule has 1 unspecified atom stereocenters. The molecule has 110 valence electrons. The molecule has 6 heteroatoms. The van der Waals surface area contributed by atoms with Crippen molar-refractivity contribution < 1.29 is 14.7 Å². The van der Waals surface area contributed by atoms with Gasteiger partial charge in [-0.3, -0.25) is 5.32 Å². The second-order valence-electron chi connectivity index (χ2n) is 5.09. The molecular weight excluding hydrogens is 276 g/mol. The molecule has 1 atom stereocenters. The fourth-order valence-corrected chi connectivity index (χ4v) is 3.30. The van der Waals surface area contributed by atoms with Gasteiger partial charge in [0, 0.05) is 13.1 Å². The largest absolute Gasteiger partial charge is 0.478 e. The van der Waals surface area contributed by atoms with E-state index in [9.17, 15) is 9.59 Å². The molecule has 1 aromatic rings. The van der Waals surface area contributed by atoms with E-state index in [1.54, 1.807) is 10.3 Å². The average molecular weight is 296 g/mol. The number of amides is 2. The number of rotatable bonds is 3. The van der Waals surface area contributed by atoms with Crippen molar-refractivity contribution in [2.45, 2.75) is 32.6 Å². The minimum absolute atomic E-state index is 0.157. The first-order valence-corrected chi connectivity index (χ1v) is 7.86. The van der Waals surface area contributed by atoms with E-state index in [1.807, 2.05) is 0 Å². The number of carbonyl (C=O) groups excluding carboxylic acids is 1. The zero-order chi connectivity index (χ0) is 14.5. The summed E-state index contributed by atoms with van der Waals surface area (Å²) >= 11 is 1.24. The van der Waals surface area contributed by atoms with Crippen molar-refractivity contribution >= 4 is 28.3 Å². The maximum absolute atomic E-state index is 12.2. The Bertz CT molecular complexity index is 487. The van der Waals surface area contributed by atoms with E-state index in [4.69, 9.17) is 5.11 Å². The summed E-state index contributed by atoms with van der Waals surface area (Å²) in [5.41, 5.74) is 0.157. The predicted molar refractivity (Wildman–Crippen MR) is 79.5 cm³/mol. The van der Waals surface area contributed by atoms with Gasteiger partial charge < -0.3 is 10.0 Å². The third-order valence-electron chi connectivity index (χ3n) is 3.83. The minimum atomic E-state index is -1.01. The molecule has 1 saturated heterocycles. The van der Waals surface area contributed by atoms with E-state index in [2.05, 4.69) is 12.2 Å². The zero-order valence-corrected chi connectivity index (χ0v) is 12.4. The van der Waals surface area contributed by atoms with Crippen LogP contribution < -0.4 is 5.32 Å². The van der Waals surface area contributed by atoms with Gasteiger partial charge in [-0.2, -0.15) is 0 Å². The lowest BCUT2D eigenvalue weighted by molar-refractivity contribution is 0.0698. The number of aromatic carboxylic acids is 1. The van der Waals surface area contributed by atoms with E-state index in [0.29, 0.717) is 10.9 Å². The highest BCUT2D eigenvalue weighted by Crippen LogP contribution is 2.25. The Hall–Kier alpha value is -1.56. The van der Waals surface area contributed by atoms with Gasteiger partial charge >= 0.3 is 12.0 Å². The van der Waals surface area contributed by atoms with Gasteiger partial charge in [-0.05, 0) is 36.6 Å². The topological polar surface area (TPSA) is 69.6 Å². The van der Waals surface area contributed by atoms with Crippen LogP contribution in [0.5, 0.6) is 0 Å². The summed E-state index contributed by atoms with van der Waals surface area (Å²) in [4.78, 5) is 25.0. The van der Waals surface area contributed by atoms with Crippen LogP contribution in [0.25, 0.3) is 0 Å². The number of hydrogen-bond donors (Lipinski definition) is 2. The lowest BCUT2D eigenvalue weighted by Gasteiger charge is -2.20. The van der Waals surface area contributed by atoms with Crippen LogP contribution in [0, 0.1) is 5.92 Å². The standard InChI is InChI=1S/C14H20N2O3S/c1-2-10-4-3-7-16(8-5-10)14(19)15-12-11(13(17)18)6-9-20-12/h6,9-10H,2-5,7-8H2,1H3,(H,15,19)(H,17,18). The summed E-state index contributed by atoms with van der Waals surface area (Å²) in [5.74, 6) is -0.312. The zero-order valence-electron chi connectivity index (χ0n) is 11.6. The molecule has 0 aromatic carbocycles. The van der Waals surface area contributed by atoms with Gasteiger partial charge in [0.1, 0.15) is 5.00 Å².